The Bertz CT molecular complexity index is 832. The summed E-state index contributed by atoms with van der Waals surface area (Å²) < 4.78 is 6.73. The molecular formula is C19H27N5O2S. The van der Waals surface area contributed by atoms with Crippen molar-refractivity contribution < 1.29 is 9.21 Å². The minimum absolute atomic E-state index is 0.0271. The summed E-state index contributed by atoms with van der Waals surface area (Å²) in [7, 11) is 0. The topological polar surface area (TPSA) is 99.0 Å². The van der Waals surface area contributed by atoms with Crippen molar-refractivity contribution in [1.29, 1.82) is 0 Å². The number of nitrogens with two attached hydrogens (primary N) is 1. The minimum Gasteiger partial charge on any atom is -0.469 e. The highest BCUT2D eigenvalue weighted by Crippen LogP contribution is 2.49. The van der Waals surface area contributed by atoms with Crippen molar-refractivity contribution in [3.8, 4) is 11.4 Å². The Morgan fingerprint density at radius 1 is 1.37 bits per heavy atom. The Labute approximate surface area is 163 Å². The molecule has 0 aromatic carbocycles. The molecule has 3 N–H and O–H groups in total. The second kappa shape index (κ2) is 7.22. The molecule has 2 aromatic rings. The van der Waals surface area contributed by atoms with Crippen molar-refractivity contribution in [2.45, 2.75) is 62.9 Å². The SMILES string of the molecule is Cc1occc1-c1nnc(SC(C)C(=O)NC(C)C2CC3CCC2C3)n1N. The van der Waals surface area contributed by atoms with Crippen LogP contribution in [0.4, 0.5) is 0 Å². The number of hydrogen-bond donors (Lipinski definition) is 2. The molecule has 146 valence electrons. The molecule has 2 fully saturated rings. The lowest BCUT2D eigenvalue weighted by molar-refractivity contribution is -0.121. The summed E-state index contributed by atoms with van der Waals surface area (Å²) in [5, 5.41) is 11.7. The van der Waals surface area contributed by atoms with E-state index in [0.29, 0.717) is 16.9 Å². The van der Waals surface area contributed by atoms with Crippen molar-refractivity contribution in [2.24, 2.45) is 17.8 Å². The maximum absolute atomic E-state index is 12.7. The van der Waals surface area contributed by atoms with E-state index in [0.717, 1.165) is 23.2 Å². The number of fused-ring (bicyclic) bond motifs is 2. The number of nitrogens with one attached hydrogen (secondary N) is 1. The van der Waals surface area contributed by atoms with E-state index in [9.17, 15) is 4.79 Å². The molecule has 2 bridgehead atoms. The predicted molar refractivity (Wildman–Crippen MR) is 104 cm³/mol. The number of carbonyl (C=O) groups is 1. The maximum Gasteiger partial charge on any atom is 0.233 e. The van der Waals surface area contributed by atoms with Gasteiger partial charge in [0.25, 0.3) is 0 Å². The summed E-state index contributed by atoms with van der Waals surface area (Å²) in [4.78, 5) is 12.7. The summed E-state index contributed by atoms with van der Waals surface area (Å²) in [6.07, 6.45) is 6.91. The summed E-state index contributed by atoms with van der Waals surface area (Å²) in [5.41, 5.74) is 0.805. The van der Waals surface area contributed by atoms with Gasteiger partial charge in [-0.05, 0) is 63.9 Å². The van der Waals surface area contributed by atoms with Crippen LogP contribution in [0.15, 0.2) is 21.9 Å². The summed E-state index contributed by atoms with van der Waals surface area (Å²) in [6, 6.07) is 2.03. The Balaban J connectivity index is 1.37. The van der Waals surface area contributed by atoms with Crippen molar-refractivity contribution in [1.82, 2.24) is 20.2 Å². The molecule has 2 aromatic heterocycles. The van der Waals surface area contributed by atoms with Gasteiger partial charge in [0.1, 0.15) is 5.76 Å². The molecule has 8 heteroatoms. The van der Waals surface area contributed by atoms with E-state index in [1.54, 1.807) is 6.26 Å². The quantitative estimate of drug-likeness (QED) is 0.582. The lowest BCUT2D eigenvalue weighted by atomic mass is 9.84. The number of amides is 1. The van der Waals surface area contributed by atoms with Gasteiger partial charge in [-0.2, -0.15) is 0 Å². The van der Waals surface area contributed by atoms with Gasteiger partial charge in [0.2, 0.25) is 11.1 Å². The van der Waals surface area contributed by atoms with E-state index < -0.39 is 0 Å². The average molecular weight is 390 g/mol. The van der Waals surface area contributed by atoms with Gasteiger partial charge in [0, 0.05) is 6.04 Å². The van der Waals surface area contributed by atoms with Crippen molar-refractivity contribution in [3.63, 3.8) is 0 Å². The maximum atomic E-state index is 12.7. The normalized spacial score (nSPS) is 26.3. The van der Waals surface area contributed by atoms with Crippen LogP contribution in [-0.4, -0.2) is 32.1 Å². The van der Waals surface area contributed by atoms with E-state index in [4.69, 9.17) is 10.3 Å². The molecule has 4 rings (SSSR count). The van der Waals surface area contributed by atoms with E-state index in [-0.39, 0.29) is 17.2 Å². The molecule has 2 aliphatic carbocycles. The fourth-order valence-corrected chi connectivity index (χ4v) is 5.50. The third-order valence-corrected chi connectivity index (χ3v) is 7.28. The zero-order valence-corrected chi connectivity index (χ0v) is 16.8. The smallest absolute Gasteiger partial charge is 0.233 e. The standard InChI is InChI=1S/C19H27N5O2S/c1-10(16-9-13-4-5-14(16)8-13)21-18(25)12(3)27-19-23-22-17(24(19)20)15-6-7-26-11(15)2/h6-7,10,12-14,16H,4-5,8-9,20H2,1-3H3,(H,21,25). The number of rotatable bonds is 6. The number of hydrogen-bond acceptors (Lipinski definition) is 6. The summed E-state index contributed by atoms with van der Waals surface area (Å²) >= 11 is 1.32. The Morgan fingerprint density at radius 3 is 2.81 bits per heavy atom. The van der Waals surface area contributed by atoms with Gasteiger partial charge in [0.05, 0.1) is 17.1 Å². The van der Waals surface area contributed by atoms with Crippen LogP contribution < -0.4 is 11.2 Å². The fraction of sp³-hybridized carbons (Fsp3) is 0.632. The molecule has 5 unspecified atom stereocenters. The molecule has 0 spiro atoms. The molecule has 5 atom stereocenters. The van der Waals surface area contributed by atoms with E-state index in [2.05, 4.69) is 22.4 Å². The molecule has 0 aliphatic heterocycles. The number of aromatic nitrogens is 3. The zero-order valence-electron chi connectivity index (χ0n) is 16.0. The molecule has 0 radical (unpaired) electrons. The van der Waals surface area contributed by atoms with Crippen molar-refractivity contribution in [3.05, 3.63) is 18.1 Å². The average Bonchev–Trinajstić information content (AvgIpc) is 3.41. The highest BCUT2D eigenvalue weighted by molar-refractivity contribution is 8.00. The number of aryl methyl sites for hydroxylation is 1. The van der Waals surface area contributed by atoms with Gasteiger partial charge >= 0.3 is 0 Å². The van der Waals surface area contributed by atoms with Crippen LogP contribution in [0.1, 0.15) is 45.3 Å². The molecule has 27 heavy (non-hydrogen) atoms. The van der Waals surface area contributed by atoms with Crippen LogP contribution in [0.5, 0.6) is 0 Å². The molecule has 2 saturated carbocycles. The first-order valence-electron chi connectivity index (χ1n) is 9.66. The highest BCUT2D eigenvalue weighted by atomic mass is 32.2. The van der Waals surface area contributed by atoms with Crippen molar-refractivity contribution in [2.75, 3.05) is 5.84 Å². The molecule has 2 heterocycles. The minimum atomic E-state index is -0.296. The van der Waals surface area contributed by atoms with Gasteiger partial charge in [-0.15, -0.1) is 10.2 Å². The van der Waals surface area contributed by atoms with Crippen LogP contribution in [-0.2, 0) is 4.79 Å². The van der Waals surface area contributed by atoms with Crippen LogP contribution in [0, 0.1) is 24.7 Å². The molecule has 0 saturated heterocycles. The largest absolute Gasteiger partial charge is 0.469 e. The third-order valence-electron chi connectivity index (χ3n) is 6.22. The fourth-order valence-electron chi connectivity index (χ4n) is 4.72. The summed E-state index contributed by atoms with van der Waals surface area (Å²) in [6.45, 7) is 5.88. The third kappa shape index (κ3) is 3.47. The van der Waals surface area contributed by atoms with E-state index >= 15 is 0 Å². The first-order valence-corrected chi connectivity index (χ1v) is 10.5. The van der Waals surface area contributed by atoms with Gasteiger partial charge in [-0.25, -0.2) is 4.68 Å². The summed E-state index contributed by atoms with van der Waals surface area (Å²) in [5.74, 6) is 9.74. The number of carbonyl (C=O) groups excluding carboxylic acids is 1. The Morgan fingerprint density at radius 2 is 2.19 bits per heavy atom. The lowest BCUT2D eigenvalue weighted by Crippen LogP contribution is -2.43. The van der Waals surface area contributed by atoms with Crippen LogP contribution >= 0.6 is 11.8 Å². The zero-order chi connectivity index (χ0) is 19.1. The first-order chi connectivity index (χ1) is 12.9. The van der Waals surface area contributed by atoms with Gasteiger partial charge in [-0.1, -0.05) is 18.2 Å². The number of nitrogens with zero attached hydrogens (tertiary/aromatic N) is 3. The van der Waals surface area contributed by atoms with Crippen LogP contribution in [0.2, 0.25) is 0 Å². The van der Waals surface area contributed by atoms with Gasteiger partial charge in [0.15, 0.2) is 5.82 Å². The van der Waals surface area contributed by atoms with E-state index in [1.165, 1.54) is 42.1 Å². The van der Waals surface area contributed by atoms with Crippen LogP contribution in [0.25, 0.3) is 11.4 Å². The Kier molecular flexibility index (Phi) is 4.92. The molecular weight excluding hydrogens is 362 g/mol. The molecule has 7 nitrogen and oxygen atoms in total. The van der Waals surface area contributed by atoms with Gasteiger partial charge < -0.3 is 15.6 Å². The number of nitrogen functional groups attached to an aromatic ring is 1. The predicted octanol–water partition coefficient (Wildman–Crippen LogP) is 2.98. The lowest BCUT2D eigenvalue weighted by Gasteiger charge is -2.29. The second-order valence-corrected chi connectivity index (χ2v) is 9.27. The Hall–Kier alpha value is -1.96. The van der Waals surface area contributed by atoms with Crippen LogP contribution in [0.3, 0.4) is 0 Å². The first kappa shape index (κ1) is 18.4. The monoisotopic (exact) mass is 389 g/mol. The van der Waals surface area contributed by atoms with Crippen molar-refractivity contribution >= 4 is 17.7 Å². The van der Waals surface area contributed by atoms with E-state index in [1.807, 2.05) is 19.9 Å². The highest BCUT2D eigenvalue weighted by Gasteiger charge is 2.42. The molecule has 1 amide bonds. The molecule has 2 aliphatic rings. The van der Waals surface area contributed by atoms with Gasteiger partial charge in [-0.3, -0.25) is 4.79 Å². The number of thioether (sulfide) groups is 1. The second-order valence-electron chi connectivity index (χ2n) is 7.96. The number of furan rings is 1.